The molecule has 2 N–H and O–H groups in total. The molecule has 1 aliphatic rings. The van der Waals surface area contributed by atoms with Crippen LogP contribution in [0.4, 0.5) is 0 Å². The van der Waals surface area contributed by atoms with E-state index >= 15 is 0 Å². The third kappa shape index (κ3) is 5.21. The lowest BCUT2D eigenvalue weighted by Gasteiger charge is -2.28. The Labute approximate surface area is 210 Å². The van der Waals surface area contributed by atoms with Crippen LogP contribution < -0.4 is 5.32 Å². The number of amides is 1. The Balaban J connectivity index is 1.23. The van der Waals surface area contributed by atoms with E-state index in [1.54, 1.807) is 4.68 Å². The number of benzene rings is 1. The van der Waals surface area contributed by atoms with Gasteiger partial charge < -0.3 is 10.4 Å². The molecule has 1 aromatic carbocycles. The van der Waals surface area contributed by atoms with E-state index in [2.05, 4.69) is 37.6 Å². The van der Waals surface area contributed by atoms with Crippen molar-refractivity contribution < 1.29 is 9.90 Å². The second-order valence-electron chi connectivity index (χ2n) is 9.59. The van der Waals surface area contributed by atoms with Crippen molar-refractivity contribution >= 4 is 5.91 Å². The van der Waals surface area contributed by atoms with Crippen LogP contribution in [0.5, 0.6) is 0 Å². The minimum Gasteiger partial charge on any atom is -0.394 e. The van der Waals surface area contributed by atoms with E-state index in [1.807, 2.05) is 68.0 Å². The van der Waals surface area contributed by atoms with Gasteiger partial charge in [-0.25, -0.2) is 9.97 Å². The quantitative estimate of drug-likeness (QED) is 0.414. The number of carbonyl (C=O) groups excluding carboxylic acids is 1. The van der Waals surface area contributed by atoms with Crippen molar-refractivity contribution in [2.45, 2.75) is 44.7 Å². The molecular weight excluding hydrogens is 454 g/mol. The summed E-state index contributed by atoms with van der Waals surface area (Å²) in [7, 11) is 1.90. The van der Waals surface area contributed by atoms with Crippen LogP contribution in [0.25, 0.3) is 33.6 Å². The number of aliphatic hydroxyl groups excluding tert-OH is 1. The van der Waals surface area contributed by atoms with Crippen LogP contribution in [0.3, 0.4) is 0 Å². The van der Waals surface area contributed by atoms with Crippen molar-refractivity contribution in [3.63, 3.8) is 0 Å². The second-order valence-corrected chi connectivity index (χ2v) is 9.59. The highest BCUT2D eigenvalue weighted by Gasteiger charge is 2.28. The largest absolute Gasteiger partial charge is 0.394 e. The lowest BCUT2D eigenvalue weighted by atomic mass is 9.85. The number of rotatable bonds is 7. The molecule has 1 unspecified atom stereocenters. The zero-order valence-corrected chi connectivity index (χ0v) is 20.6. The number of aryl methyl sites for hydroxylation is 1. The SMILES string of the molecule is CC(CO)NC(=O)C1CCC(n2cc(-c3cnc(-c4cccc(-c5cnn(C)c5)c4)nc3)cn2)CC1. The first kappa shape index (κ1) is 23.9. The summed E-state index contributed by atoms with van der Waals surface area (Å²) >= 11 is 0. The highest BCUT2D eigenvalue weighted by molar-refractivity contribution is 5.79. The summed E-state index contributed by atoms with van der Waals surface area (Å²) in [5.41, 5.74) is 4.97. The molecule has 9 heteroatoms. The van der Waals surface area contributed by atoms with E-state index in [0.29, 0.717) is 5.82 Å². The fraction of sp³-hybridized carbons (Fsp3) is 0.370. The molecule has 0 spiro atoms. The number of carbonyl (C=O) groups is 1. The Bertz CT molecular complexity index is 1320. The molecule has 1 atom stereocenters. The van der Waals surface area contributed by atoms with E-state index < -0.39 is 0 Å². The van der Waals surface area contributed by atoms with Crippen LogP contribution in [0.1, 0.15) is 38.6 Å². The van der Waals surface area contributed by atoms with Crippen LogP contribution in [0, 0.1) is 5.92 Å². The standard InChI is InChI=1S/C27H31N7O2/c1-18(17-35)32-27(36)19-6-8-25(9-7-19)34-16-24(14-31-34)22-11-28-26(29-12-22)21-5-3-4-20(10-21)23-13-30-33(2)15-23/h3-5,10-16,18-19,25,35H,6-9,17H2,1-2H3,(H,32,36). The molecule has 36 heavy (non-hydrogen) atoms. The van der Waals surface area contributed by atoms with Gasteiger partial charge in [0.15, 0.2) is 5.82 Å². The summed E-state index contributed by atoms with van der Waals surface area (Å²) < 4.78 is 3.79. The van der Waals surface area contributed by atoms with E-state index in [1.165, 1.54) is 0 Å². The van der Waals surface area contributed by atoms with Crippen molar-refractivity contribution in [2.75, 3.05) is 6.61 Å². The van der Waals surface area contributed by atoms with Gasteiger partial charge in [0, 0.05) is 66.0 Å². The predicted octanol–water partition coefficient (Wildman–Crippen LogP) is 3.64. The molecule has 3 heterocycles. The topological polar surface area (TPSA) is 111 Å². The van der Waals surface area contributed by atoms with Gasteiger partial charge in [-0.1, -0.05) is 18.2 Å². The van der Waals surface area contributed by atoms with E-state index in [4.69, 9.17) is 5.11 Å². The summed E-state index contributed by atoms with van der Waals surface area (Å²) in [6, 6.07) is 8.21. The Morgan fingerprint density at radius 1 is 0.972 bits per heavy atom. The van der Waals surface area contributed by atoms with E-state index in [0.717, 1.165) is 53.5 Å². The first-order valence-corrected chi connectivity index (χ1v) is 12.4. The van der Waals surface area contributed by atoms with Gasteiger partial charge in [-0.15, -0.1) is 0 Å². The number of nitrogens with one attached hydrogen (secondary N) is 1. The fourth-order valence-corrected chi connectivity index (χ4v) is 4.73. The maximum absolute atomic E-state index is 12.4. The maximum Gasteiger partial charge on any atom is 0.223 e. The molecule has 0 aliphatic heterocycles. The summed E-state index contributed by atoms with van der Waals surface area (Å²) in [5.74, 6) is 0.714. The predicted molar refractivity (Wildman–Crippen MR) is 137 cm³/mol. The minimum absolute atomic E-state index is 0.00267. The molecule has 1 saturated carbocycles. The Morgan fingerprint density at radius 2 is 1.67 bits per heavy atom. The first-order chi connectivity index (χ1) is 17.5. The summed E-state index contributed by atoms with van der Waals surface area (Å²) in [4.78, 5) is 21.6. The number of aliphatic hydroxyl groups is 1. The van der Waals surface area contributed by atoms with E-state index in [-0.39, 0.29) is 30.5 Å². The summed E-state index contributed by atoms with van der Waals surface area (Å²) in [5, 5.41) is 20.9. The third-order valence-corrected chi connectivity index (χ3v) is 6.85. The third-order valence-electron chi connectivity index (χ3n) is 6.85. The molecule has 0 bridgehead atoms. The van der Waals surface area contributed by atoms with Gasteiger partial charge in [0.1, 0.15) is 0 Å². The lowest BCUT2D eigenvalue weighted by molar-refractivity contribution is -0.127. The van der Waals surface area contributed by atoms with Gasteiger partial charge in [0.05, 0.1) is 25.0 Å². The molecule has 1 aliphatic carbocycles. The first-order valence-electron chi connectivity index (χ1n) is 12.4. The lowest BCUT2D eigenvalue weighted by Crippen LogP contribution is -2.40. The second kappa shape index (κ2) is 10.4. The van der Waals surface area contributed by atoms with Crippen LogP contribution in [-0.4, -0.2) is 53.2 Å². The van der Waals surface area contributed by atoms with Crippen molar-refractivity contribution in [3.8, 4) is 33.6 Å². The van der Waals surface area contributed by atoms with Crippen LogP contribution in [0.15, 0.2) is 61.4 Å². The van der Waals surface area contributed by atoms with Crippen molar-refractivity contribution in [1.82, 2.24) is 34.8 Å². The summed E-state index contributed by atoms with van der Waals surface area (Å²) in [6.45, 7) is 1.77. The zero-order chi connectivity index (χ0) is 25.1. The molecule has 1 amide bonds. The smallest absolute Gasteiger partial charge is 0.223 e. The maximum atomic E-state index is 12.4. The molecule has 4 aromatic rings. The van der Waals surface area contributed by atoms with Gasteiger partial charge in [-0.3, -0.25) is 14.2 Å². The number of hydrogen-bond acceptors (Lipinski definition) is 6. The van der Waals surface area contributed by atoms with Crippen molar-refractivity contribution in [3.05, 3.63) is 61.4 Å². The van der Waals surface area contributed by atoms with Gasteiger partial charge in [0.2, 0.25) is 5.91 Å². The molecule has 1 fully saturated rings. The highest BCUT2D eigenvalue weighted by Crippen LogP contribution is 2.33. The average Bonchev–Trinajstić information content (AvgIpc) is 3.59. The molecular formula is C27H31N7O2. The molecule has 9 nitrogen and oxygen atoms in total. The van der Waals surface area contributed by atoms with Gasteiger partial charge >= 0.3 is 0 Å². The number of aromatic nitrogens is 6. The fourth-order valence-electron chi connectivity index (χ4n) is 4.73. The normalized spacial score (nSPS) is 18.6. The average molecular weight is 486 g/mol. The van der Waals surface area contributed by atoms with Crippen molar-refractivity contribution in [2.24, 2.45) is 13.0 Å². The molecule has 3 aromatic heterocycles. The van der Waals surface area contributed by atoms with Crippen LogP contribution in [0.2, 0.25) is 0 Å². The van der Waals surface area contributed by atoms with Crippen LogP contribution in [-0.2, 0) is 11.8 Å². The Kier molecular flexibility index (Phi) is 6.90. The monoisotopic (exact) mass is 485 g/mol. The Morgan fingerprint density at radius 3 is 2.36 bits per heavy atom. The molecule has 0 saturated heterocycles. The van der Waals surface area contributed by atoms with Gasteiger partial charge in [-0.05, 0) is 44.2 Å². The van der Waals surface area contributed by atoms with Gasteiger partial charge in [0.25, 0.3) is 0 Å². The molecule has 186 valence electrons. The number of hydrogen-bond donors (Lipinski definition) is 2. The highest BCUT2D eigenvalue weighted by atomic mass is 16.3. The van der Waals surface area contributed by atoms with Crippen LogP contribution >= 0.6 is 0 Å². The molecule has 0 radical (unpaired) electrons. The van der Waals surface area contributed by atoms with Crippen molar-refractivity contribution in [1.29, 1.82) is 0 Å². The minimum atomic E-state index is -0.206. The van der Waals surface area contributed by atoms with E-state index in [9.17, 15) is 4.79 Å². The Hall–Kier alpha value is -3.85. The van der Waals surface area contributed by atoms with Gasteiger partial charge in [-0.2, -0.15) is 10.2 Å². The zero-order valence-electron chi connectivity index (χ0n) is 20.6. The summed E-state index contributed by atoms with van der Waals surface area (Å²) in [6.07, 6.45) is 14.8. The molecule has 5 rings (SSSR count). The number of nitrogens with zero attached hydrogens (tertiary/aromatic N) is 6.